The standard InChI is InChI=1S/C14H21N3O2/c1-16-5-3-4-11(9-16)10-17(2)14(19)12-6-13(18)8-15-7-12/h6-8,11,18H,3-5,9-10H2,1-2H3. The first kappa shape index (κ1) is 13.8. The van der Waals surface area contributed by atoms with Crippen LogP contribution in [0.2, 0.25) is 0 Å². The molecule has 0 saturated carbocycles. The quantitative estimate of drug-likeness (QED) is 0.890. The van der Waals surface area contributed by atoms with Gasteiger partial charge in [-0.3, -0.25) is 9.78 Å². The molecule has 104 valence electrons. The van der Waals surface area contributed by atoms with Crippen molar-refractivity contribution < 1.29 is 9.90 Å². The number of aromatic nitrogens is 1. The summed E-state index contributed by atoms with van der Waals surface area (Å²) in [7, 11) is 3.92. The number of carbonyl (C=O) groups is 1. The SMILES string of the molecule is CN1CCCC(CN(C)C(=O)c2cncc(O)c2)C1. The molecule has 1 aromatic rings. The summed E-state index contributed by atoms with van der Waals surface area (Å²) in [5.74, 6) is 0.464. The molecule has 0 radical (unpaired) electrons. The van der Waals surface area contributed by atoms with E-state index < -0.39 is 0 Å². The van der Waals surface area contributed by atoms with E-state index in [-0.39, 0.29) is 11.7 Å². The van der Waals surface area contributed by atoms with Crippen LogP contribution in [0.1, 0.15) is 23.2 Å². The highest BCUT2D eigenvalue weighted by atomic mass is 16.3. The van der Waals surface area contributed by atoms with Crippen molar-refractivity contribution in [2.45, 2.75) is 12.8 Å². The molecule has 19 heavy (non-hydrogen) atoms. The van der Waals surface area contributed by atoms with Gasteiger partial charge in [0.25, 0.3) is 5.91 Å². The molecule has 0 spiro atoms. The fraction of sp³-hybridized carbons (Fsp3) is 0.571. The zero-order valence-electron chi connectivity index (χ0n) is 11.5. The minimum absolute atomic E-state index is 0.0247. The zero-order valence-corrected chi connectivity index (χ0v) is 11.5. The van der Waals surface area contributed by atoms with Gasteiger partial charge in [0.2, 0.25) is 0 Å². The highest BCUT2D eigenvalue weighted by molar-refractivity contribution is 5.94. The predicted molar refractivity (Wildman–Crippen MR) is 73.1 cm³/mol. The van der Waals surface area contributed by atoms with Crippen LogP contribution in [0.3, 0.4) is 0 Å². The molecule has 5 nitrogen and oxygen atoms in total. The number of amides is 1. The Hall–Kier alpha value is -1.62. The van der Waals surface area contributed by atoms with Crippen LogP contribution < -0.4 is 0 Å². The van der Waals surface area contributed by atoms with E-state index in [0.717, 1.165) is 19.6 Å². The number of carbonyl (C=O) groups excluding carboxylic acids is 1. The molecule has 5 heteroatoms. The summed E-state index contributed by atoms with van der Waals surface area (Å²) in [5.41, 5.74) is 0.437. The molecule has 2 heterocycles. The lowest BCUT2D eigenvalue weighted by Crippen LogP contribution is -2.40. The van der Waals surface area contributed by atoms with Crippen molar-refractivity contribution in [3.8, 4) is 5.75 Å². The van der Waals surface area contributed by atoms with Gasteiger partial charge in [-0.05, 0) is 38.4 Å². The molecule has 0 aliphatic carbocycles. The lowest BCUT2D eigenvalue weighted by atomic mass is 9.98. The zero-order chi connectivity index (χ0) is 13.8. The van der Waals surface area contributed by atoms with Crippen molar-refractivity contribution in [2.24, 2.45) is 5.92 Å². The fourth-order valence-corrected chi connectivity index (χ4v) is 2.66. The first-order valence-corrected chi connectivity index (χ1v) is 6.64. The molecule has 0 aromatic carbocycles. The smallest absolute Gasteiger partial charge is 0.255 e. The van der Waals surface area contributed by atoms with Crippen LogP contribution in [0.5, 0.6) is 5.75 Å². The number of aromatic hydroxyl groups is 1. The first-order chi connectivity index (χ1) is 9.06. The second kappa shape index (κ2) is 6.02. The number of hydrogen-bond acceptors (Lipinski definition) is 4. The Labute approximate surface area is 113 Å². The maximum Gasteiger partial charge on any atom is 0.255 e. The Morgan fingerprint density at radius 3 is 3.05 bits per heavy atom. The lowest BCUT2D eigenvalue weighted by molar-refractivity contribution is 0.0740. The van der Waals surface area contributed by atoms with Gasteiger partial charge in [-0.25, -0.2) is 0 Å². The van der Waals surface area contributed by atoms with Crippen molar-refractivity contribution in [3.63, 3.8) is 0 Å². The fourth-order valence-electron chi connectivity index (χ4n) is 2.66. The summed E-state index contributed by atoms with van der Waals surface area (Å²) in [6, 6.07) is 1.46. The second-order valence-electron chi connectivity index (χ2n) is 5.39. The minimum atomic E-state index is -0.0865. The monoisotopic (exact) mass is 263 g/mol. The van der Waals surface area contributed by atoms with Crippen LogP contribution in [-0.2, 0) is 0 Å². The Morgan fingerprint density at radius 1 is 1.58 bits per heavy atom. The molecule has 1 saturated heterocycles. The third kappa shape index (κ3) is 3.67. The molecule has 1 aromatic heterocycles. The second-order valence-corrected chi connectivity index (χ2v) is 5.39. The summed E-state index contributed by atoms with van der Waals surface area (Å²) in [6.07, 6.45) is 5.18. The molecule has 1 unspecified atom stereocenters. The molecule has 1 atom stereocenters. The van der Waals surface area contributed by atoms with E-state index in [1.54, 1.807) is 11.9 Å². The van der Waals surface area contributed by atoms with Crippen molar-refractivity contribution in [1.29, 1.82) is 0 Å². The molecule has 1 aliphatic heterocycles. The molecule has 1 N–H and O–H groups in total. The van der Waals surface area contributed by atoms with Crippen LogP contribution in [0, 0.1) is 5.92 Å². The van der Waals surface area contributed by atoms with Gasteiger partial charge in [0.1, 0.15) is 5.75 Å². The van der Waals surface area contributed by atoms with E-state index in [2.05, 4.69) is 16.9 Å². The van der Waals surface area contributed by atoms with E-state index in [1.165, 1.54) is 31.3 Å². The van der Waals surface area contributed by atoms with Gasteiger partial charge < -0.3 is 14.9 Å². The maximum absolute atomic E-state index is 12.2. The van der Waals surface area contributed by atoms with Crippen LogP contribution in [0.4, 0.5) is 0 Å². The molecule has 2 rings (SSSR count). The van der Waals surface area contributed by atoms with E-state index in [9.17, 15) is 9.90 Å². The van der Waals surface area contributed by atoms with Gasteiger partial charge in [-0.2, -0.15) is 0 Å². The van der Waals surface area contributed by atoms with Crippen molar-refractivity contribution in [3.05, 3.63) is 24.0 Å². The Balaban J connectivity index is 1.95. The Bertz CT molecular complexity index is 450. The number of rotatable bonds is 3. The average molecular weight is 263 g/mol. The summed E-state index contributed by atoms with van der Waals surface area (Å²) in [5, 5.41) is 9.36. The van der Waals surface area contributed by atoms with Crippen LogP contribution in [-0.4, -0.2) is 59.5 Å². The largest absolute Gasteiger partial charge is 0.506 e. The van der Waals surface area contributed by atoms with Gasteiger partial charge in [0.15, 0.2) is 0 Å². The molecule has 1 fully saturated rings. The normalized spacial score (nSPS) is 20.2. The van der Waals surface area contributed by atoms with E-state index in [1.807, 2.05) is 0 Å². The van der Waals surface area contributed by atoms with Crippen molar-refractivity contribution >= 4 is 5.91 Å². The van der Waals surface area contributed by atoms with Gasteiger partial charge >= 0.3 is 0 Å². The Morgan fingerprint density at radius 2 is 2.37 bits per heavy atom. The van der Waals surface area contributed by atoms with Crippen molar-refractivity contribution in [1.82, 2.24) is 14.8 Å². The Kier molecular flexibility index (Phi) is 4.37. The van der Waals surface area contributed by atoms with Crippen LogP contribution >= 0.6 is 0 Å². The van der Waals surface area contributed by atoms with Crippen molar-refractivity contribution in [2.75, 3.05) is 33.7 Å². The first-order valence-electron chi connectivity index (χ1n) is 6.64. The molecular weight excluding hydrogens is 242 g/mol. The van der Waals surface area contributed by atoms with Crippen LogP contribution in [0.25, 0.3) is 0 Å². The van der Waals surface area contributed by atoms with Crippen LogP contribution in [0.15, 0.2) is 18.5 Å². The number of nitrogens with zero attached hydrogens (tertiary/aromatic N) is 3. The van der Waals surface area contributed by atoms with Gasteiger partial charge in [0.05, 0.1) is 11.8 Å². The van der Waals surface area contributed by atoms with E-state index in [0.29, 0.717) is 11.5 Å². The molecule has 1 aliphatic rings. The van der Waals surface area contributed by atoms with E-state index >= 15 is 0 Å². The number of piperidine rings is 1. The topological polar surface area (TPSA) is 56.7 Å². The summed E-state index contributed by atoms with van der Waals surface area (Å²) >= 11 is 0. The molecular formula is C14H21N3O2. The summed E-state index contributed by atoms with van der Waals surface area (Å²) in [4.78, 5) is 20.1. The average Bonchev–Trinajstić information content (AvgIpc) is 2.38. The van der Waals surface area contributed by atoms with E-state index in [4.69, 9.17) is 0 Å². The number of pyridine rings is 1. The number of likely N-dealkylation sites (tertiary alicyclic amines) is 1. The highest BCUT2D eigenvalue weighted by Gasteiger charge is 2.21. The van der Waals surface area contributed by atoms with Gasteiger partial charge in [0, 0.05) is 26.3 Å². The number of hydrogen-bond donors (Lipinski definition) is 1. The van der Waals surface area contributed by atoms with Gasteiger partial charge in [-0.1, -0.05) is 0 Å². The maximum atomic E-state index is 12.2. The lowest BCUT2D eigenvalue weighted by Gasteiger charge is -2.32. The minimum Gasteiger partial charge on any atom is -0.506 e. The third-order valence-electron chi connectivity index (χ3n) is 3.57. The van der Waals surface area contributed by atoms with Gasteiger partial charge in [-0.15, -0.1) is 0 Å². The highest BCUT2D eigenvalue weighted by Crippen LogP contribution is 2.17. The molecule has 1 amide bonds. The third-order valence-corrected chi connectivity index (χ3v) is 3.57. The summed E-state index contributed by atoms with van der Waals surface area (Å²) in [6.45, 7) is 2.93. The molecule has 0 bridgehead atoms. The predicted octanol–water partition coefficient (Wildman–Crippen LogP) is 1.20. The summed E-state index contributed by atoms with van der Waals surface area (Å²) < 4.78 is 0.